The van der Waals surface area contributed by atoms with Crippen LogP contribution in [0.1, 0.15) is 105 Å². The van der Waals surface area contributed by atoms with Crippen LogP contribution in [0.2, 0.25) is 0 Å². The highest BCUT2D eigenvalue weighted by molar-refractivity contribution is 5.96. The standard InChI is InChI=1S/C25H35N3O2/c1-2-20(29)14-7-5-8-15-21(26)23-24-22(30)16-9-4-3-6-11-18-12-10-13-19(17-18)25(27-23)28-24/h10,12-13,17,21H,2-9,11,14-16,26H2,1H3,(H,27,28)/t21-/m0/s1. The molecule has 5 nitrogen and oxygen atoms in total. The molecule has 3 rings (SSSR count). The second-order valence-corrected chi connectivity index (χ2v) is 8.48. The molecule has 4 bridgehead atoms. The molecule has 1 aliphatic rings. The Morgan fingerprint density at radius 3 is 2.73 bits per heavy atom. The van der Waals surface area contributed by atoms with Gasteiger partial charge in [-0.1, -0.05) is 50.8 Å². The predicted octanol–water partition coefficient (Wildman–Crippen LogP) is 5.70. The Balaban J connectivity index is 1.75. The fourth-order valence-electron chi connectivity index (χ4n) is 4.15. The lowest BCUT2D eigenvalue weighted by Crippen LogP contribution is -2.15. The van der Waals surface area contributed by atoms with Crippen molar-refractivity contribution in [2.24, 2.45) is 5.73 Å². The average molecular weight is 410 g/mol. The molecular weight excluding hydrogens is 374 g/mol. The van der Waals surface area contributed by atoms with E-state index in [4.69, 9.17) is 10.7 Å². The van der Waals surface area contributed by atoms with Crippen LogP contribution in [0.5, 0.6) is 0 Å². The van der Waals surface area contributed by atoms with Crippen LogP contribution in [0.25, 0.3) is 11.4 Å². The molecule has 1 atom stereocenters. The summed E-state index contributed by atoms with van der Waals surface area (Å²) in [6.07, 6.45) is 10.7. The Bertz CT molecular complexity index is 856. The van der Waals surface area contributed by atoms with Crippen LogP contribution in [-0.4, -0.2) is 21.5 Å². The number of rotatable bonds is 8. The number of ketones is 2. The normalized spacial score (nSPS) is 15.7. The Labute approximate surface area is 179 Å². The van der Waals surface area contributed by atoms with Gasteiger partial charge in [0.25, 0.3) is 0 Å². The maximum atomic E-state index is 12.9. The van der Waals surface area contributed by atoms with Crippen LogP contribution >= 0.6 is 0 Å². The lowest BCUT2D eigenvalue weighted by atomic mass is 9.99. The molecule has 2 aromatic rings. The molecule has 1 aromatic heterocycles. The molecule has 0 fully saturated rings. The van der Waals surface area contributed by atoms with E-state index in [-0.39, 0.29) is 11.8 Å². The van der Waals surface area contributed by atoms with Gasteiger partial charge in [-0.3, -0.25) is 9.59 Å². The molecule has 3 N–H and O–H groups in total. The number of aromatic amines is 1. The van der Waals surface area contributed by atoms with Gasteiger partial charge in [0, 0.05) is 30.9 Å². The number of hydrogen-bond donors (Lipinski definition) is 2. The van der Waals surface area contributed by atoms with Crippen molar-refractivity contribution in [1.82, 2.24) is 9.97 Å². The van der Waals surface area contributed by atoms with Gasteiger partial charge in [0.05, 0.1) is 5.69 Å². The van der Waals surface area contributed by atoms with Gasteiger partial charge in [-0.05, 0) is 43.7 Å². The van der Waals surface area contributed by atoms with Crippen LogP contribution in [0, 0.1) is 0 Å². The van der Waals surface area contributed by atoms with Gasteiger partial charge in [0.1, 0.15) is 17.3 Å². The number of fused-ring (bicyclic) bond motifs is 5. The van der Waals surface area contributed by atoms with Gasteiger partial charge >= 0.3 is 0 Å². The third-order valence-electron chi connectivity index (χ3n) is 6.05. The number of aromatic nitrogens is 2. The van der Waals surface area contributed by atoms with Crippen molar-refractivity contribution in [3.05, 3.63) is 41.2 Å². The average Bonchev–Trinajstić information content (AvgIpc) is 3.21. The molecule has 5 heteroatoms. The minimum Gasteiger partial charge on any atom is -0.340 e. The molecule has 2 heterocycles. The van der Waals surface area contributed by atoms with E-state index in [2.05, 4.69) is 23.2 Å². The first-order valence-electron chi connectivity index (χ1n) is 11.6. The molecule has 0 radical (unpaired) electrons. The van der Waals surface area contributed by atoms with Crippen LogP contribution in [0.4, 0.5) is 0 Å². The van der Waals surface area contributed by atoms with Crippen molar-refractivity contribution in [3.63, 3.8) is 0 Å². The Kier molecular flexibility index (Phi) is 8.38. The van der Waals surface area contributed by atoms with Crippen molar-refractivity contribution >= 4 is 11.6 Å². The number of unbranched alkanes of at least 4 members (excludes halogenated alkanes) is 2. The van der Waals surface area contributed by atoms with Crippen molar-refractivity contribution < 1.29 is 9.59 Å². The molecule has 0 aliphatic carbocycles. The molecular formula is C25H35N3O2. The summed E-state index contributed by atoms with van der Waals surface area (Å²) in [4.78, 5) is 32.4. The first-order valence-corrected chi connectivity index (χ1v) is 11.6. The van der Waals surface area contributed by atoms with Gasteiger partial charge in [-0.25, -0.2) is 4.98 Å². The van der Waals surface area contributed by atoms with Gasteiger partial charge in [-0.2, -0.15) is 0 Å². The van der Waals surface area contributed by atoms with E-state index in [1.807, 2.05) is 13.0 Å². The summed E-state index contributed by atoms with van der Waals surface area (Å²) in [5, 5.41) is 0. The highest BCUT2D eigenvalue weighted by Crippen LogP contribution is 2.27. The van der Waals surface area contributed by atoms with Crippen LogP contribution in [0.3, 0.4) is 0 Å². The molecule has 0 saturated heterocycles. The minimum atomic E-state index is -0.247. The molecule has 30 heavy (non-hydrogen) atoms. The van der Waals surface area contributed by atoms with Crippen molar-refractivity contribution in [2.75, 3.05) is 0 Å². The highest BCUT2D eigenvalue weighted by Gasteiger charge is 2.22. The van der Waals surface area contributed by atoms with E-state index in [0.29, 0.717) is 30.7 Å². The molecule has 1 aromatic carbocycles. The van der Waals surface area contributed by atoms with Crippen molar-refractivity contribution in [1.29, 1.82) is 0 Å². The minimum absolute atomic E-state index is 0.0897. The lowest BCUT2D eigenvalue weighted by Gasteiger charge is -2.12. The van der Waals surface area contributed by atoms with Crippen LogP contribution in [0.15, 0.2) is 24.3 Å². The molecule has 0 spiro atoms. The van der Waals surface area contributed by atoms with Crippen LogP contribution in [-0.2, 0) is 11.2 Å². The number of H-pyrrole nitrogens is 1. The fraction of sp³-hybridized carbons (Fsp3) is 0.560. The van der Waals surface area contributed by atoms with Gasteiger partial charge in [0.2, 0.25) is 0 Å². The lowest BCUT2D eigenvalue weighted by molar-refractivity contribution is -0.118. The zero-order valence-electron chi connectivity index (χ0n) is 18.2. The maximum Gasteiger partial charge on any atom is 0.183 e. The summed E-state index contributed by atoms with van der Waals surface area (Å²) in [5.74, 6) is 1.14. The monoisotopic (exact) mass is 409 g/mol. The molecule has 162 valence electrons. The van der Waals surface area contributed by atoms with E-state index in [1.54, 1.807) is 0 Å². The number of aryl methyl sites for hydroxylation is 1. The summed E-state index contributed by atoms with van der Waals surface area (Å²) < 4.78 is 0. The summed E-state index contributed by atoms with van der Waals surface area (Å²) >= 11 is 0. The number of carbonyl (C=O) groups excluding carboxylic acids is 2. The number of hydrogen-bond acceptors (Lipinski definition) is 4. The quantitative estimate of drug-likeness (QED) is 0.548. The van der Waals surface area contributed by atoms with Crippen molar-refractivity contribution in [2.45, 2.75) is 90.0 Å². The number of nitrogens with one attached hydrogen (secondary N) is 1. The number of Topliss-reactive ketones (excluding diaryl/α,β-unsaturated/α-hetero) is 2. The number of imidazole rings is 1. The molecule has 1 aliphatic heterocycles. The summed E-state index contributed by atoms with van der Waals surface area (Å²) in [5.41, 5.74) is 10.1. The van der Waals surface area contributed by atoms with Crippen LogP contribution < -0.4 is 5.73 Å². The van der Waals surface area contributed by atoms with E-state index in [0.717, 1.165) is 74.9 Å². The third kappa shape index (κ3) is 6.11. The Morgan fingerprint density at radius 2 is 1.93 bits per heavy atom. The van der Waals surface area contributed by atoms with Crippen molar-refractivity contribution in [3.8, 4) is 11.4 Å². The van der Waals surface area contributed by atoms with E-state index < -0.39 is 0 Å². The number of carbonyl (C=O) groups is 2. The topological polar surface area (TPSA) is 88.8 Å². The van der Waals surface area contributed by atoms with E-state index in [1.165, 1.54) is 5.56 Å². The summed E-state index contributed by atoms with van der Waals surface area (Å²) in [6.45, 7) is 1.91. The largest absolute Gasteiger partial charge is 0.340 e. The van der Waals surface area contributed by atoms with E-state index in [9.17, 15) is 9.59 Å². The molecule has 0 unspecified atom stereocenters. The van der Waals surface area contributed by atoms with Gasteiger partial charge < -0.3 is 10.7 Å². The second-order valence-electron chi connectivity index (χ2n) is 8.48. The zero-order valence-corrected chi connectivity index (χ0v) is 18.2. The first kappa shape index (κ1) is 22.4. The number of nitrogens with zero attached hydrogens (tertiary/aromatic N) is 1. The first-order chi connectivity index (χ1) is 14.6. The van der Waals surface area contributed by atoms with E-state index >= 15 is 0 Å². The Morgan fingerprint density at radius 1 is 1.13 bits per heavy atom. The third-order valence-corrected chi connectivity index (χ3v) is 6.05. The summed E-state index contributed by atoms with van der Waals surface area (Å²) in [7, 11) is 0. The van der Waals surface area contributed by atoms with Gasteiger partial charge in [0.15, 0.2) is 5.78 Å². The SMILES string of the molecule is CCC(=O)CCCCC[C@H](N)c1[nH]c2nc1C(=O)CCCCCCc1cccc-2c1. The predicted molar refractivity (Wildman–Crippen MR) is 120 cm³/mol. The molecule has 0 saturated carbocycles. The zero-order chi connectivity index (χ0) is 21.3. The number of nitrogens with two attached hydrogens (primary N) is 1. The second kappa shape index (κ2) is 11.2. The maximum absolute atomic E-state index is 12.9. The Hall–Kier alpha value is -2.27. The number of benzene rings is 1. The highest BCUT2D eigenvalue weighted by atomic mass is 16.1. The molecule has 0 amide bonds. The van der Waals surface area contributed by atoms with Gasteiger partial charge in [-0.15, -0.1) is 0 Å². The fourth-order valence-corrected chi connectivity index (χ4v) is 4.15. The summed E-state index contributed by atoms with van der Waals surface area (Å²) in [6, 6.07) is 8.18. The smallest absolute Gasteiger partial charge is 0.183 e.